The molecule has 0 heterocycles. The van der Waals surface area contributed by atoms with E-state index in [1.54, 1.807) is 26.0 Å². The maximum absolute atomic E-state index is 11.7. The van der Waals surface area contributed by atoms with Crippen molar-refractivity contribution in [2.24, 2.45) is 22.7 Å². The quantitative estimate of drug-likeness (QED) is 0.692. The van der Waals surface area contributed by atoms with Gasteiger partial charge >= 0.3 is 0 Å². The van der Waals surface area contributed by atoms with Gasteiger partial charge < -0.3 is 0 Å². The lowest BCUT2D eigenvalue weighted by Gasteiger charge is -2.42. The minimum Gasteiger partial charge on any atom is -0.300 e. The lowest BCUT2D eigenvalue weighted by atomic mass is 9.51. The highest BCUT2D eigenvalue weighted by Crippen LogP contribution is 2.53. The van der Waals surface area contributed by atoms with Crippen LogP contribution in [0.2, 0.25) is 0 Å². The second-order valence-electron chi connectivity index (χ2n) is 4.93. The Balaban J connectivity index is 3.58. The van der Waals surface area contributed by atoms with Gasteiger partial charge in [0.05, 0.1) is 24.3 Å². The second-order valence-corrected chi connectivity index (χ2v) is 4.93. The molecule has 5 heteroatoms. The van der Waals surface area contributed by atoms with E-state index in [-0.39, 0.29) is 24.5 Å². The first kappa shape index (κ1) is 13.7. The summed E-state index contributed by atoms with van der Waals surface area (Å²) >= 11 is 0. The number of carbonyl (C=O) groups excluding carboxylic acids is 1. The Morgan fingerprint density at radius 3 is 1.94 bits per heavy atom. The van der Waals surface area contributed by atoms with Crippen molar-refractivity contribution in [2.45, 2.75) is 26.7 Å². The van der Waals surface area contributed by atoms with Crippen LogP contribution in [0.5, 0.6) is 0 Å². The fraction of sp³-hybridized carbons (Fsp3) is 0.615. The van der Waals surface area contributed by atoms with Gasteiger partial charge in [0.1, 0.15) is 5.78 Å². The van der Waals surface area contributed by atoms with Gasteiger partial charge in [0.15, 0.2) is 10.8 Å². The number of ketones is 1. The Labute approximate surface area is 106 Å². The molecule has 1 fully saturated rings. The summed E-state index contributed by atoms with van der Waals surface area (Å²) in [6, 6.07) is 7.20. The Hall–Kier alpha value is -2.37. The van der Waals surface area contributed by atoms with Crippen LogP contribution in [-0.4, -0.2) is 5.78 Å². The van der Waals surface area contributed by atoms with Gasteiger partial charge in [-0.1, -0.05) is 13.8 Å². The van der Waals surface area contributed by atoms with Gasteiger partial charge in [0, 0.05) is 18.8 Å². The fourth-order valence-electron chi connectivity index (χ4n) is 2.62. The van der Waals surface area contributed by atoms with Crippen LogP contribution in [0.1, 0.15) is 26.7 Å². The minimum atomic E-state index is -1.86. The van der Waals surface area contributed by atoms with E-state index >= 15 is 0 Å². The van der Waals surface area contributed by atoms with Gasteiger partial charge in [-0.3, -0.25) is 4.79 Å². The maximum atomic E-state index is 11.7. The zero-order valence-corrected chi connectivity index (χ0v) is 10.3. The molecule has 1 aliphatic carbocycles. The van der Waals surface area contributed by atoms with E-state index in [0.717, 1.165) is 0 Å². The van der Waals surface area contributed by atoms with Crippen molar-refractivity contribution < 1.29 is 4.79 Å². The van der Waals surface area contributed by atoms with Gasteiger partial charge in [-0.2, -0.15) is 21.0 Å². The Morgan fingerprint density at radius 2 is 1.61 bits per heavy atom. The third kappa shape index (κ3) is 1.54. The number of hydrogen-bond acceptors (Lipinski definition) is 5. The lowest BCUT2D eigenvalue weighted by Crippen LogP contribution is -2.51. The molecule has 0 spiro atoms. The summed E-state index contributed by atoms with van der Waals surface area (Å²) in [4.78, 5) is 11.7. The minimum absolute atomic E-state index is 0.0733. The average molecular weight is 240 g/mol. The highest BCUT2D eigenvalue weighted by atomic mass is 16.1. The van der Waals surface area contributed by atoms with Crippen molar-refractivity contribution in [1.29, 1.82) is 21.0 Å². The predicted molar refractivity (Wildman–Crippen MR) is 59.9 cm³/mol. The molecule has 0 N–H and O–H groups in total. The zero-order valence-electron chi connectivity index (χ0n) is 10.3. The topological polar surface area (TPSA) is 112 Å². The van der Waals surface area contributed by atoms with Gasteiger partial charge in [-0.15, -0.1) is 0 Å². The summed E-state index contributed by atoms with van der Waals surface area (Å²) in [6.07, 6.45) is -0.270. The fourth-order valence-corrected chi connectivity index (χ4v) is 2.62. The molecule has 0 amide bonds. The Morgan fingerprint density at radius 1 is 1.11 bits per heavy atom. The standard InChI is InChI=1S/C13H12N4O/c1-9(2)11-3-10(18)4-12(5-14,6-15)13(11,7-16)8-17/h9,11H,3-4H2,1-2H3/t11-/m1/s1. The van der Waals surface area contributed by atoms with E-state index in [1.165, 1.54) is 0 Å². The molecule has 0 radical (unpaired) electrons. The summed E-state index contributed by atoms with van der Waals surface area (Å²) in [6.45, 7) is 3.57. The molecule has 18 heavy (non-hydrogen) atoms. The van der Waals surface area contributed by atoms with Crippen LogP contribution in [-0.2, 0) is 4.79 Å². The summed E-state index contributed by atoms with van der Waals surface area (Å²) in [5.41, 5.74) is -3.60. The molecule has 0 aromatic carbocycles. The lowest BCUT2D eigenvalue weighted by molar-refractivity contribution is -0.127. The number of carbonyl (C=O) groups is 1. The van der Waals surface area contributed by atoms with Crippen LogP contribution >= 0.6 is 0 Å². The molecule has 1 saturated carbocycles. The SMILES string of the molecule is CC(C)[C@H]1CC(=O)CC(C#N)(C#N)C1(C#N)C#N. The molecule has 90 valence electrons. The Kier molecular flexibility index (Phi) is 3.41. The molecule has 0 aromatic rings. The number of nitriles is 4. The first-order chi connectivity index (χ1) is 8.42. The predicted octanol–water partition coefficient (Wildman–Crippen LogP) is 1.69. The monoisotopic (exact) mass is 240 g/mol. The first-order valence-electron chi connectivity index (χ1n) is 5.59. The summed E-state index contributed by atoms with van der Waals surface area (Å²) in [5, 5.41) is 37.2. The third-order valence-electron chi connectivity index (χ3n) is 3.68. The maximum Gasteiger partial charge on any atom is 0.182 e. The van der Waals surface area contributed by atoms with Crippen molar-refractivity contribution >= 4 is 5.78 Å². The zero-order chi connectivity index (χ0) is 14.0. The van der Waals surface area contributed by atoms with Gasteiger partial charge in [-0.05, 0) is 5.92 Å². The van der Waals surface area contributed by atoms with E-state index in [9.17, 15) is 25.8 Å². The molecule has 0 unspecified atom stereocenters. The van der Waals surface area contributed by atoms with Crippen LogP contribution in [0.3, 0.4) is 0 Å². The molecule has 1 atom stereocenters. The van der Waals surface area contributed by atoms with Gasteiger partial charge in [0.2, 0.25) is 0 Å². The molecule has 1 aliphatic rings. The van der Waals surface area contributed by atoms with Crippen LogP contribution in [0, 0.1) is 68.0 Å². The molecular weight excluding hydrogens is 228 g/mol. The van der Waals surface area contributed by atoms with Crippen LogP contribution in [0.25, 0.3) is 0 Å². The van der Waals surface area contributed by atoms with Crippen LogP contribution in [0.15, 0.2) is 0 Å². The largest absolute Gasteiger partial charge is 0.300 e. The normalized spacial score (nSPS) is 24.4. The molecule has 0 aliphatic heterocycles. The van der Waals surface area contributed by atoms with Crippen molar-refractivity contribution in [3.05, 3.63) is 0 Å². The van der Waals surface area contributed by atoms with E-state index in [0.29, 0.717) is 0 Å². The second kappa shape index (κ2) is 4.48. The number of nitrogens with zero attached hydrogens (tertiary/aromatic N) is 4. The molecule has 0 saturated heterocycles. The summed E-state index contributed by atoms with van der Waals surface area (Å²) in [5.74, 6) is -0.958. The summed E-state index contributed by atoms with van der Waals surface area (Å²) in [7, 11) is 0. The molecule has 0 aromatic heterocycles. The van der Waals surface area contributed by atoms with E-state index in [4.69, 9.17) is 0 Å². The number of rotatable bonds is 1. The van der Waals surface area contributed by atoms with E-state index < -0.39 is 16.7 Å². The van der Waals surface area contributed by atoms with Gasteiger partial charge in [0.25, 0.3) is 0 Å². The highest BCUT2D eigenvalue weighted by molar-refractivity contribution is 5.83. The average Bonchev–Trinajstić information content (AvgIpc) is 2.37. The number of hydrogen-bond donors (Lipinski definition) is 0. The van der Waals surface area contributed by atoms with Crippen molar-refractivity contribution in [3.63, 3.8) is 0 Å². The smallest absolute Gasteiger partial charge is 0.182 e. The van der Waals surface area contributed by atoms with Crippen molar-refractivity contribution in [1.82, 2.24) is 0 Å². The molecular formula is C13H12N4O. The Bertz CT molecular complexity index is 507. The van der Waals surface area contributed by atoms with Gasteiger partial charge in [-0.25, -0.2) is 0 Å². The highest BCUT2D eigenvalue weighted by Gasteiger charge is 2.63. The van der Waals surface area contributed by atoms with E-state index in [1.807, 2.05) is 12.1 Å². The van der Waals surface area contributed by atoms with Crippen molar-refractivity contribution in [3.8, 4) is 24.3 Å². The molecule has 0 bridgehead atoms. The van der Waals surface area contributed by atoms with Crippen LogP contribution < -0.4 is 0 Å². The first-order valence-corrected chi connectivity index (χ1v) is 5.59. The summed E-state index contributed by atoms with van der Waals surface area (Å²) < 4.78 is 0. The molecule has 5 nitrogen and oxygen atoms in total. The molecule has 1 rings (SSSR count). The number of Topliss-reactive ketones (excluding diaryl/α,β-unsaturated/α-hetero) is 1. The third-order valence-corrected chi connectivity index (χ3v) is 3.68. The van der Waals surface area contributed by atoms with E-state index in [2.05, 4.69) is 0 Å². The van der Waals surface area contributed by atoms with Crippen LogP contribution in [0.4, 0.5) is 0 Å². The van der Waals surface area contributed by atoms with Crippen molar-refractivity contribution in [2.75, 3.05) is 0 Å².